The Hall–Kier alpha value is -3.48. The number of benzene rings is 1. The number of nitrogens with zero attached hydrogens (tertiary/aromatic N) is 7. The second-order valence-electron chi connectivity index (χ2n) is 10.9. The molecule has 1 N–H and O–H groups in total. The Bertz CT molecular complexity index is 1350. The van der Waals surface area contributed by atoms with Crippen LogP contribution in [0, 0.1) is 18.3 Å². The standard InChI is InChI=1S/C29H36N8O/c1-20-5-6-21-15-31-16-27(25(21)14-20)36-12-8-24-26(18-36)33-29(38-19-23-4-3-11-35(23)2)34-28(24)37-13-10-32-22(17-37)7-9-30/h5-6,14-16,22-23,32H,3-4,7-8,10-13,17-19H2,1-2H3/t22-,23-/m0/s1. The molecule has 3 aliphatic rings. The van der Waals surface area contributed by atoms with Gasteiger partial charge in [0.1, 0.15) is 12.4 Å². The van der Waals surface area contributed by atoms with Crippen molar-refractivity contribution in [1.82, 2.24) is 25.2 Å². The highest BCUT2D eigenvalue weighted by molar-refractivity contribution is 5.94. The summed E-state index contributed by atoms with van der Waals surface area (Å²) >= 11 is 0. The third kappa shape index (κ3) is 4.98. The molecule has 38 heavy (non-hydrogen) atoms. The maximum absolute atomic E-state index is 9.27. The largest absolute Gasteiger partial charge is 0.462 e. The Balaban J connectivity index is 1.33. The lowest BCUT2D eigenvalue weighted by atomic mass is 10.0. The fourth-order valence-electron chi connectivity index (χ4n) is 6.06. The molecule has 0 bridgehead atoms. The molecule has 0 unspecified atom stereocenters. The molecule has 2 aromatic heterocycles. The van der Waals surface area contributed by atoms with Crippen molar-refractivity contribution in [3.63, 3.8) is 0 Å². The lowest BCUT2D eigenvalue weighted by Gasteiger charge is -2.37. The number of fused-ring (bicyclic) bond motifs is 2. The van der Waals surface area contributed by atoms with Crippen molar-refractivity contribution in [2.45, 2.75) is 51.2 Å². The van der Waals surface area contributed by atoms with Gasteiger partial charge in [0.15, 0.2) is 0 Å². The smallest absolute Gasteiger partial charge is 0.318 e. The van der Waals surface area contributed by atoms with Crippen molar-refractivity contribution >= 4 is 22.3 Å². The highest BCUT2D eigenvalue weighted by atomic mass is 16.5. The number of piperazine rings is 1. The van der Waals surface area contributed by atoms with Crippen molar-refractivity contribution in [3.05, 3.63) is 47.4 Å². The molecule has 3 aliphatic heterocycles. The Kier molecular flexibility index (Phi) is 7.00. The van der Waals surface area contributed by atoms with Gasteiger partial charge >= 0.3 is 6.01 Å². The first-order chi connectivity index (χ1) is 18.6. The molecule has 0 amide bonds. The van der Waals surface area contributed by atoms with Gasteiger partial charge in [-0.1, -0.05) is 17.7 Å². The van der Waals surface area contributed by atoms with Crippen molar-refractivity contribution in [1.29, 1.82) is 5.26 Å². The van der Waals surface area contributed by atoms with Crippen molar-refractivity contribution < 1.29 is 4.74 Å². The molecule has 9 heteroatoms. The monoisotopic (exact) mass is 512 g/mol. The van der Waals surface area contributed by atoms with Crippen LogP contribution in [0.4, 0.5) is 11.5 Å². The molecule has 198 valence electrons. The highest BCUT2D eigenvalue weighted by Gasteiger charge is 2.30. The van der Waals surface area contributed by atoms with Gasteiger partial charge in [-0.3, -0.25) is 4.98 Å². The van der Waals surface area contributed by atoms with Crippen molar-refractivity contribution in [2.75, 3.05) is 56.2 Å². The third-order valence-electron chi connectivity index (χ3n) is 8.23. The molecule has 6 rings (SSSR count). The van der Waals surface area contributed by atoms with Crippen molar-refractivity contribution in [2.24, 2.45) is 0 Å². The fourth-order valence-corrected chi connectivity index (χ4v) is 6.06. The van der Waals surface area contributed by atoms with E-state index in [0.717, 1.165) is 68.2 Å². The van der Waals surface area contributed by atoms with Gasteiger partial charge in [-0.2, -0.15) is 15.2 Å². The maximum Gasteiger partial charge on any atom is 0.318 e. The van der Waals surface area contributed by atoms with E-state index in [1.54, 1.807) is 0 Å². The molecule has 2 saturated heterocycles. The molecular formula is C29H36N8O. The molecule has 9 nitrogen and oxygen atoms in total. The van der Waals surface area contributed by atoms with Crippen LogP contribution >= 0.6 is 0 Å². The van der Waals surface area contributed by atoms with E-state index < -0.39 is 0 Å². The van der Waals surface area contributed by atoms with Crippen molar-refractivity contribution in [3.8, 4) is 12.1 Å². The first-order valence-corrected chi connectivity index (χ1v) is 13.8. The average molecular weight is 513 g/mol. The second kappa shape index (κ2) is 10.7. The number of likely N-dealkylation sites (N-methyl/N-ethyl adjacent to an activating group) is 1. The highest BCUT2D eigenvalue weighted by Crippen LogP contribution is 2.34. The number of anilines is 2. The number of aromatic nitrogens is 3. The molecule has 0 radical (unpaired) electrons. The van der Waals surface area contributed by atoms with Crippen LogP contribution in [0.3, 0.4) is 0 Å². The number of nitriles is 1. The fraction of sp³-hybridized carbons (Fsp3) is 0.517. The molecule has 0 saturated carbocycles. The van der Waals surface area contributed by atoms with E-state index in [9.17, 15) is 5.26 Å². The van der Waals surface area contributed by atoms with E-state index in [-0.39, 0.29) is 6.04 Å². The molecule has 2 atom stereocenters. The van der Waals surface area contributed by atoms with Crippen LogP contribution in [0.5, 0.6) is 6.01 Å². The normalized spacial score (nSPS) is 21.9. The van der Waals surface area contributed by atoms with E-state index in [4.69, 9.17) is 14.7 Å². The first kappa shape index (κ1) is 24.8. The summed E-state index contributed by atoms with van der Waals surface area (Å²) in [7, 11) is 2.16. The SMILES string of the molecule is Cc1ccc2cncc(N3CCc4c(nc(OC[C@@H]5CCCN5C)nc4N4CCN[C@@H](CC#N)C4)C3)c2c1. The predicted molar refractivity (Wildman–Crippen MR) is 149 cm³/mol. The predicted octanol–water partition coefficient (Wildman–Crippen LogP) is 3.06. The van der Waals surface area contributed by atoms with Gasteiger partial charge in [-0.25, -0.2) is 0 Å². The second-order valence-corrected chi connectivity index (χ2v) is 10.9. The number of aryl methyl sites for hydroxylation is 1. The summed E-state index contributed by atoms with van der Waals surface area (Å²) in [4.78, 5) is 21.6. The Morgan fingerprint density at radius 1 is 1.16 bits per heavy atom. The molecule has 0 spiro atoms. The zero-order valence-electron chi connectivity index (χ0n) is 22.4. The number of ether oxygens (including phenoxy) is 1. The molecule has 2 fully saturated rings. The Morgan fingerprint density at radius 3 is 2.92 bits per heavy atom. The number of rotatable bonds is 6. The number of pyridine rings is 1. The topological polar surface area (TPSA) is 93.4 Å². The quantitative estimate of drug-likeness (QED) is 0.535. The summed E-state index contributed by atoms with van der Waals surface area (Å²) in [5.41, 5.74) is 4.61. The van der Waals surface area contributed by atoms with Gasteiger partial charge in [-0.15, -0.1) is 0 Å². The summed E-state index contributed by atoms with van der Waals surface area (Å²) in [6.07, 6.45) is 7.60. The van der Waals surface area contributed by atoms with Gasteiger partial charge in [0.25, 0.3) is 0 Å². The van der Waals surface area contributed by atoms with E-state index in [1.807, 2.05) is 12.4 Å². The minimum atomic E-state index is 0.140. The van der Waals surface area contributed by atoms with Gasteiger partial charge in [0, 0.05) is 60.8 Å². The van der Waals surface area contributed by atoms with Crippen LogP contribution in [0.2, 0.25) is 0 Å². The average Bonchev–Trinajstić information content (AvgIpc) is 3.35. The van der Waals surface area contributed by atoms with E-state index in [0.29, 0.717) is 31.6 Å². The van der Waals surface area contributed by atoms with E-state index in [2.05, 4.69) is 63.2 Å². The number of nitrogens with one attached hydrogen (secondary N) is 1. The summed E-state index contributed by atoms with van der Waals surface area (Å²) in [6.45, 7) is 7.85. The summed E-state index contributed by atoms with van der Waals surface area (Å²) in [5, 5.41) is 15.1. The minimum Gasteiger partial charge on any atom is -0.462 e. The van der Waals surface area contributed by atoms with Crippen LogP contribution in [0.15, 0.2) is 30.6 Å². The summed E-state index contributed by atoms with van der Waals surface area (Å²) in [5.74, 6) is 0.973. The van der Waals surface area contributed by atoms with E-state index >= 15 is 0 Å². The number of hydrogen-bond acceptors (Lipinski definition) is 9. The maximum atomic E-state index is 9.27. The van der Waals surface area contributed by atoms with Crippen LogP contribution in [-0.2, 0) is 13.0 Å². The zero-order chi connectivity index (χ0) is 26.1. The molecule has 3 aromatic rings. The number of likely N-dealkylation sites (tertiary alicyclic amines) is 1. The lowest BCUT2D eigenvalue weighted by Crippen LogP contribution is -2.51. The minimum absolute atomic E-state index is 0.140. The molecular weight excluding hydrogens is 476 g/mol. The summed E-state index contributed by atoms with van der Waals surface area (Å²) < 4.78 is 6.27. The summed E-state index contributed by atoms with van der Waals surface area (Å²) in [6, 6.07) is 9.85. The van der Waals surface area contributed by atoms with Crippen LogP contribution in [0.25, 0.3) is 10.8 Å². The van der Waals surface area contributed by atoms with Crippen LogP contribution in [0.1, 0.15) is 36.1 Å². The van der Waals surface area contributed by atoms with Gasteiger partial charge in [0.2, 0.25) is 0 Å². The first-order valence-electron chi connectivity index (χ1n) is 13.8. The van der Waals surface area contributed by atoms with Gasteiger partial charge in [0.05, 0.1) is 36.6 Å². The van der Waals surface area contributed by atoms with Gasteiger partial charge in [-0.05, 0) is 45.8 Å². The zero-order valence-corrected chi connectivity index (χ0v) is 22.4. The van der Waals surface area contributed by atoms with Crippen LogP contribution in [-0.4, -0.2) is 78.3 Å². The Labute approximate surface area is 224 Å². The van der Waals surface area contributed by atoms with Gasteiger partial charge < -0.3 is 24.8 Å². The third-order valence-corrected chi connectivity index (χ3v) is 8.23. The molecule has 0 aliphatic carbocycles. The van der Waals surface area contributed by atoms with Crippen LogP contribution < -0.4 is 19.9 Å². The lowest BCUT2D eigenvalue weighted by molar-refractivity contribution is 0.187. The molecule has 5 heterocycles. The molecule has 1 aromatic carbocycles. The van der Waals surface area contributed by atoms with E-state index in [1.165, 1.54) is 22.9 Å². The number of hydrogen-bond donors (Lipinski definition) is 1. The Morgan fingerprint density at radius 2 is 2.08 bits per heavy atom.